The lowest BCUT2D eigenvalue weighted by atomic mass is 10.1. The Morgan fingerprint density at radius 2 is 1.81 bits per heavy atom. The summed E-state index contributed by atoms with van der Waals surface area (Å²) in [5.41, 5.74) is 3.93. The molecule has 0 unspecified atom stereocenters. The van der Waals surface area contributed by atoms with Gasteiger partial charge in [-0.05, 0) is 55.2 Å². The van der Waals surface area contributed by atoms with Crippen molar-refractivity contribution in [1.29, 1.82) is 0 Å². The van der Waals surface area contributed by atoms with Crippen molar-refractivity contribution in [3.05, 3.63) is 65.0 Å². The van der Waals surface area contributed by atoms with E-state index in [1.54, 1.807) is 12.1 Å². The maximum atomic E-state index is 12.8. The smallest absolute Gasteiger partial charge is 0.319 e. The van der Waals surface area contributed by atoms with E-state index in [1.807, 2.05) is 32.0 Å². The van der Waals surface area contributed by atoms with Gasteiger partial charge in [-0.2, -0.15) is 0 Å². The largest absolute Gasteiger partial charge is 0.338 e. The number of hydrogen-bond donors (Lipinski definition) is 2. The zero-order chi connectivity index (χ0) is 15.2. The number of halogens is 1. The number of nitrogens with one attached hydrogen (secondary N) is 2. The van der Waals surface area contributed by atoms with Crippen LogP contribution in [0.3, 0.4) is 0 Å². The Bertz CT molecular complexity index is 623. The molecule has 0 aromatic heterocycles. The minimum Gasteiger partial charge on any atom is -0.338 e. The van der Waals surface area contributed by atoms with Gasteiger partial charge in [0, 0.05) is 12.2 Å². The van der Waals surface area contributed by atoms with Gasteiger partial charge in [-0.3, -0.25) is 0 Å². The van der Waals surface area contributed by atoms with Gasteiger partial charge in [0.05, 0.1) is 0 Å². The number of carbonyl (C=O) groups excluding carboxylic acids is 1. The second-order valence-corrected chi connectivity index (χ2v) is 5.08. The van der Waals surface area contributed by atoms with E-state index in [-0.39, 0.29) is 11.8 Å². The van der Waals surface area contributed by atoms with Crippen LogP contribution in [0.5, 0.6) is 0 Å². The van der Waals surface area contributed by atoms with Crippen LogP contribution in [0.25, 0.3) is 0 Å². The van der Waals surface area contributed by atoms with Crippen LogP contribution < -0.4 is 10.6 Å². The third kappa shape index (κ3) is 4.60. The van der Waals surface area contributed by atoms with E-state index in [2.05, 4.69) is 10.6 Å². The fourth-order valence-corrected chi connectivity index (χ4v) is 2.01. The highest BCUT2D eigenvalue weighted by Crippen LogP contribution is 2.15. The summed E-state index contributed by atoms with van der Waals surface area (Å²) in [6.45, 7) is 4.44. The Kier molecular flexibility index (Phi) is 4.93. The summed E-state index contributed by atoms with van der Waals surface area (Å²) >= 11 is 0. The number of aryl methyl sites for hydroxylation is 2. The standard InChI is InChI=1S/C17H19FN2O/c1-12-3-4-13(2)16(11-12)20-17(21)19-10-9-14-5-7-15(18)8-6-14/h3-8,11H,9-10H2,1-2H3,(H2,19,20,21). The average molecular weight is 286 g/mol. The molecular weight excluding hydrogens is 267 g/mol. The molecule has 2 N–H and O–H groups in total. The number of rotatable bonds is 4. The van der Waals surface area contributed by atoms with Gasteiger partial charge in [0.25, 0.3) is 0 Å². The number of carbonyl (C=O) groups is 1. The Morgan fingerprint density at radius 1 is 1.10 bits per heavy atom. The topological polar surface area (TPSA) is 41.1 Å². The lowest BCUT2D eigenvalue weighted by molar-refractivity contribution is 0.252. The fraction of sp³-hybridized carbons (Fsp3) is 0.235. The first-order valence-corrected chi connectivity index (χ1v) is 6.91. The van der Waals surface area contributed by atoms with Crippen molar-refractivity contribution >= 4 is 11.7 Å². The number of hydrogen-bond acceptors (Lipinski definition) is 1. The molecule has 0 bridgehead atoms. The Morgan fingerprint density at radius 3 is 2.52 bits per heavy atom. The molecule has 0 spiro atoms. The van der Waals surface area contributed by atoms with Crippen molar-refractivity contribution < 1.29 is 9.18 Å². The maximum absolute atomic E-state index is 12.8. The SMILES string of the molecule is Cc1ccc(C)c(NC(=O)NCCc2ccc(F)cc2)c1. The van der Waals surface area contributed by atoms with Gasteiger partial charge in [0.15, 0.2) is 0 Å². The summed E-state index contributed by atoms with van der Waals surface area (Å²) in [5, 5.41) is 5.63. The van der Waals surface area contributed by atoms with Gasteiger partial charge in [-0.15, -0.1) is 0 Å². The molecule has 0 radical (unpaired) electrons. The highest BCUT2D eigenvalue weighted by molar-refractivity contribution is 5.90. The number of amides is 2. The van der Waals surface area contributed by atoms with Gasteiger partial charge >= 0.3 is 6.03 Å². The van der Waals surface area contributed by atoms with Crippen LogP contribution in [0.1, 0.15) is 16.7 Å². The third-order valence-corrected chi connectivity index (χ3v) is 3.25. The lowest BCUT2D eigenvalue weighted by Crippen LogP contribution is -2.30. The molecule has 110 valence electrons. The lowest BCUT2D eigenvalue weighted by Gasteiger charge is -2.10. The van der Waals surface area contributed by atoms with Gasteiger partial charge in [-0.1, -0.05) is 24.3 Å². The van der Waals surface area contributed by atoms with Crippen molar-refractivity contribution in [2.24, 2.45) is 0 Å². The first kappa shape index (κ1) is 15.0. The van der Waals surface area contributed by atoms with Crippen molar-refractivity contribution in [2.45, 2.75) is 20.3 Å². The molecule has 2 aromatic carbocycles. The summed E-state index contributed by atoms with van der Waals surface area (Å²) in [5.74, 6) is -0.251. The number of benzene rings is 2. The van der Waals surface area contributed by atoms with Crippen LogP contribution in [-0.2, 0) is 6.42 Å². The van der Waals surface area contributed by atoms with Crippen molar-refractivity contribution in [1.82, 2.24) is 5.32 Å². The van der Waals surface area contributed by atoms with Crippen molar-refractivity contribution in [2.75, 3.05) is 11.9 Å². The quantitative estimate of drug-likeness (QED) is 0.881. The predicted octanol–water partition coefficient (Wildman–Crippen LogP) is 3.81. The highest BCUT2D eigenvalue weighted by Gasteiger charge is 2.04. The van der Waals surface area contributed by atoms with E-state index >= 15 is 0 Å². The van der Waals surface area contributed by atoms with Crippen LogP contribution >= 0.6 is 0 Å². The summed E-state index contributed by atoms with van der Waals surface area (Å²) in [6.07, 6.45) is 0.667. The van der Waals surface area contributed by atoms with Crippen LogP contribution in [0.4, 0.5) is 14.9 Å². The number of anilines is 1. The Balaban J connectivity index is 1.82. The molecule has 2 amide bonds. The van der Waals surface area contributed by atoms with E-state index in [4.69, 9.17) is 0 Å². The molecule has 0 saturated heterocycles. The molecule has 2 rings (SSSR count). The fourth-order valence-electron chi connectivity index (χ4n) is 2.01. The van der Waals surface area contributed by atoms with E-state index in [1.165, 1.54) is 12.1 Å². The molecule has 4 heteroatoms. The zero-order valence-corrected chi connectivity index (χ0v) is 12.2. The third-order valence-electron chi connectivity index (χ3n) is 3.25. The minimum absolute atomic E-state index is 0.231. The minimum atomic E-state index is -0.251. The number of urea groups is 1. The Hall–Kier alpha value is -2.36. The monoisotopic (exact) mass is 286 g/mol. The molecule has 0 aliphatic carbocycles. The van der Waals surface area contributed by atoms with Gasteiger partial charge in [-0.25, -0.2) is 9.18 Å². The molecule has 0 atom stereocenters. The van der Waals surface area contributed by atoms with Gasteiger partial charge in [0.2, 0.25) is 0 Å². The summed E-state index contributed by atoms with van der Waals surface area (Å²) < 4.78 is 12.8. The zero-order valence-electron chi connectivity index (χ0n) is 12.2. The van der Waals surface area contributed by atoms with E-state index in [0.29, 0.717) is 13.0 Å². The molecule has 0 aliphatic heterocycles. The van der Waals surface area contributed by atoms with E-state index in [0.717, 1.165) is 22.4 Å². The normalized spacial score (nSPS) is 10.2. The van der Waals surface area contributed by atoms with E-state index in [9.17, 15) is 9.18 Å². The summed E-state index contributed by atoms with van der Waals surface area (Å²) in [6, 6.07) is 12.0. The molecule has 0 aliphatic rings. The van der Waals surface area contributed by atoms with Gasteiger partial charge < -0.3 is 10.6 Å². The van der Waals surface area contributed by atoms with Crippen molar-refractivity contribution in [3.8, 4) is 0 Å². The summed E-state index contributed by atoms with van der Waals surface area (Å²) in [4.78, 5) is 11.8. The van der Waals surface area contributed by atoms with Crippen molar-refractivity contribution in [3.63, 3.8) is 0 Å². The first-order valence-electron chi connectivity index (χ1n) is 6.91. The van der Waals surface area contributed by atoms with Crippen LogP contribution in [0.2, 0.25) is 0 Å². The Labute approximate surface area is 124 Å². The molecule has 21 heavy (non-hydrogen) atoms. The maximum Gasteiger partial charge on any atom is 0.319 e. The molecule has 2 aromatic rings. The first-order chi connectivity index (χ1) is 10.0. The molecule has 0 fully saturated rings. The molecule has 0 heterocycles. The van der Waals surface area contributed by atoms with Crippen LogP contribution in [0.15, 0.2) is 42.5 Å². The van der Waals surface area contributed by atoms with Crippen LogP contribution in [0, 0.1) is 19.7 Å². The summed E-state index contributed by atoms with van der Waals surface area (Å²) in [7, 11) is 0. The highest BCUT2D eigenvalue weighted by atomic mass is 19.1. The molecule has 3 nitrogen and oxygen atoms in total. The second-order valence-electron chi connectivity index (χ2n) is 5.08. The second kappa shape index (κ2) is 6.88. The van der Waals surface area contributed by atoms with Gasteiger partial charge in [0.1, 0.15) is 5.82 Å². The van der Waals surface area contributed by atoms with Crippen LogP contribution in [-0.4, -0.2) is 12.6 Å². The molecule has 0 saturated carbocycles. The predicted molar refractivity (Wildman–Crippen MR) is 83.0 cm³/mol. The molecular formula is C17H19FN2O. The average Bonchev–Trinajstić information content (AvgIpc) is 2.45. The van der Waals surface area contributed by atoms with E-state index < -0.39 is 0 Å².